The van der Waals surface area contributed by atoms with Crippen LogP contribution in [0, 0.1) is 11.8 Å². The molecule has 1 rings (SSSR count). The second-order valence-electron chi connectivity index (χ2n) is 3.47. The first-order valence-corrected chi connectivity index (χ1v) is 4.62. The molecular weight excluding hydrogens is 168 g/mol. The van der Waals surface area contributed by atoms with Gasteiger partial charge in [-0.15, -0.1) is 0 Å². The van der Waals surface area contributed by atoms with Gasteiger partial charge < -0.3 is 14.6 Å². The molecule has 0 saturated carbocycles. The minimum atomic E-state index is -0.287. The van der Waals surface area contributed by atoms with E-state index in [0.29, 0.717) is 13.2 Å². The molecular formula is C10H18O3. The standard InChI is InChI=1S/C10H18O3/c1-12-6-8-4-3-5-10(11)9(8)7-13-2/h3-4,8-11H,5-7H2,1-2H3/t8-,9+,10-/m1/s1. The van der Waals surface area contributed by atoms with E-state index in [-0.39, 0.29) is 17.9 Å². The summed E-state index contributed by atoms with van der Waals surface area (Å²) in [6.07, 6.45) is 4.57. The van der Waals surface area contributed by atoms with E-state index in [1.165, 1.54) is 0 Å². The molecule has 0 saturated heterocycles. The molecule has 1 aliphatic carbocycles. The van der Waals surface area contributed by atoms with Crippen LogP contribution in [0.25, 0.3) is 0 Å². The Bertz CT molecular complexity index is 168. The molecule has 76 valence electrons. The molecule has 0 aliphatic heterocycles. The van der Waals surface area contributed by atoms with E-state index in [9.17, 15) is 5.11 Å². The van der Waals surface area contributed by atoms with Gasteiger partial charge in [-0.1, -0.05) is 12.2 Å². The first kappa shape index (κ1) is 10.7. The van der Waals surface area contributed by atoms with Crippen molar-refractivity contribution in [2.45, 2.75) is 12.5 Å². The van der Waals surface area contributed by atoms with Crippen LogP contribution in [0.15, 0.2) is 12.2 Å². The van der Waals surface area contributed by atoms with E-state index in [2.05, 4.69) is 6.08 Å². The van der Waals surface area contributed by atoms with E-state index < -0.39 is 0 Å². The Hall–Kier alpha value is -0.380. The maximum Gasteiger partial charge on any atom is 0.0631 e. The second kappa shape index (κ2) is 5.37. The van der Waals surface area contributed by atoms with Crippen molar-refractivity contribution in [3.05, 3.63) is 12.2 Å². The zero-order valence-electron chi connectivity index (χ0n) is 8.27. The van der Waals surface area contributed by atoms with Gasteiger partial charge in [0.2, 0.25) is 0 Å². The third kappa shape index (κ3) is 2.79. The maximum absolute atomic E-state index is 9.71. The molecule has 0 aromatic heterocycles. The highest BCUT2D eigenvalue weighted by Crippen LogP contribution is 2.25. The van der Waals surface area contributed by atoms with Crippen molar-refractivity contribution in [1.29, 1.82) is 0 Å². The average molecular weight is 186 g/mol. The number of hydrogen-bond donors (Lipinski definition) is 1. The topological polar surface area (TPSA) is 38.7 Å². The van der Waals surface area contributed by atoms with Crippen LogP contribution in [0.4, 0.5) is 0 Å². The molecule has 3 heteroatoms. The SMILES string of the molecule is COC[C@@H]1[C@H](O)CC=C[C@@H]1COC. The number of aliphatic hydroxyl groups is 1. The lowest BCUT2D eigenvalue weighted by Gasteiger charge is -2.30. The quantitative estimate of drug-likeness (QED) is 0.661. The zero-order valence-corrected chi connectivity index (χ0v) is 8.27. The van der Waals surface area contributed by atoms with Crippen LogP contribution < -0.4 is 0 Å². The summed E-state index contributed by atoms with van der Waals surface area (Å²) in [6.45, 7) is 1.25. The molecule has 0 bridgehead atoms. The molecule has 0 amide bonds. The summed E-state index contributed by atoms with van der Waals surface area (Å²) in [5.74, 6) is 0.462. The maximum atomic E-state index is 9.71. The molecule has 13 heavy (non-hydrogen) atoms. The van der Waals surface area contributed by atoms with Crippen molar-refractivity contribution in [3.63, 3.8) is 0 Å². The van der Waals surface area contributed by atoms with E-state index in [4.69, 9.17) is 9.47 Å². The summed E-state index contributed by atoms with van der Waals surface area (Å²) < 4.78 is 10.2. The summed E-state index contributed by atoms with van der Waals surface area (Å²) in [4.78, 5) is 0. The number of hydrogen-bond acceptors (Lipinski definition) is 3. The average Bonchev–Trinajstić information content (AvgIpc) is 2.11. The van der Waals surface area contributed by atoms with Crippen molar-refractivity contribution in [1.82, 2.24) is 0 Å². The van der Waals surface area contributed by atoms with Crippen LogP contribution >= 0.6 is 0 Å². The molecule has 0 heterocycles. The fraction of sp³-hybridized carbons (Fsp3) is 0.800. The van der Waals surface area contributed by atoms with Crippen LogP contribution in [0.1, 0.15) is 6.42 Å². The van der Waals surface area contributed by atoms with Crippen LogP contribution in [0.5, 0.6) is 0 Å². The molecule has 0 aromatic carbocycles. The van der Waals surface area contributed by atoms with Crippen molar-refractivity contribution in [2.75, 3.05) is 27.4 Å². The summed E-state index contributed by atoms with van der Waals surface area (Å²) >= 11 is 0. The molecule has 0 aromatic rings. The lowest BCUT2D eigenvalue weighted by atomic mass is 9.83. The molecule has 0 spiro atoms. The number of ether oxygens (including phenoxy) is 2. The Morgan fingerprint density at radius 2 is 2.00 bits per heavy atom. The van der Waals surface area contributed by atoms with Crippen LogP contribution in [-0.2, 0) is 9.47 Å². The number of rotatable bonds is 4. The van der Waals surface area contributed by atoms with E-state index >= 15 is 0 Å². The molecule has 3 nitrogen and oxygen atoms in total. The van der Waals surface area contributed by atoms with Gasteiger partial charge in [0.25, 0.3) is 0 Å². The van der Waals surface area contributed by atoms with Crippen LogP contribution in [-0.4, -0.2) is 38.6 Å². The Labute approximate surface area is 79.3 Å². The summed E-state index contributed by atoms with van der Waals surface area (Å²) in [5.41, 5.74) is 0. The predicted molar refractivity (Wildman–Crippen MR) is 50.5 cm³/mol. The first-order chi connectivity index (χ1) is 6.29. The predicted octanol–water partition coefficient (Wildman–Crippen LogP) is 0.832. The number of methoxy groups -OCH3 is 2. The molecule has 0 unspecified atom stereocenters. The monoisotopic (exact) mass is 186 g/mol. The zero-order chi connectivity index (χ0) is 9.68. The summed E-state index contributed by atoms with van der Waals surface area (Å²) in [5, 5.41) is 9.71. The molecule has 1 aliphatic rings. The Morgan fingerprint density at radius 1 is 1.31 bits per heavy atom. The minimum absolute atomic E-state index is 0.176. The van der Waals surface area contributed by atoms with Gasteiger partial charge >= 0.3 is 0 Å². The number of aliphatic hydroxyl groups excluding tert-OH is 1. The summed E-state index contributed by atoms with van der Waals surface area (Å²) in [6, 6.07) is 0. The highest BCUT2D eigenvalue weighted by atomic mass is 16.5. The van der Waals surface area contributed by atoms with E-state index in [1.54, 1.807) is 14.2 Å². The molecule has 0 fully saturated rings. The summed E-state index contributed by atoms with van der Waals surface area (Å²) in [7, 11) is 3.34. The lowest BCUT2D eigenvalue weighted by Crippen LogP contribution is -2.35. The fourth-order valence-corrected chi connectivity index (χ4v) is 1.79. The fourth-order valence-electron chi connectivity index (χ4n) is 1.79. The van der Waals surface area contributed by atoms with Gasteiger partial charge in [0.15, 0.2) is 0 Å². The van der Waals surface area contributed by atoms with Crippen molar-refractivity contribution in [3.8, 4) is 0 Å². The third-order valence-electron chi connectivity index (χ3n) is 2.52. The van der Waals surface area contributed by atoms with Crippen LogP contribution in [0.2, 0.25) is 0 Å². The van der Waals surface area contributed by atoms with Gasteiger partial charge in [0.05, 0.1) is 19.3 Å². The van der Waals surface area contributed by atoms with Gasteiger partial charge in [-0.2, -0.15) is 0 Å². The Morgan fingerprint density at radius 3 is 2.62 bits per heavy atom. The first-order valence-electron chi connectivity index (χ1n) is 4.62. The Balaban J connectivity index is 2.55. The van der Waals surface area contributed by atoms with Gasteiger partial charge in [0.1, 0.15) is 0 Å². The third-order valence-corrected chi connectivity index (χ3v) is 2.52. The van der Waals surface area contributed by atoms with Crippen molar-refractivity contribution in [2.24, 2.45) is 11.8 Å². The highest BCUT2D eigenvalue weighted by molar-refractivity contribution is 5.00. The Kier molecular flexibility index (Phi) is 4.42. The van der Waals surface area contributed by atoms with Crippen molar-refractivity contribution < 1.29 is 14.6 Å². The molecule has 1 N–H and O–H groups in total. The van der Waals surface area contributed by atoms with Gasteiger partial charge in [-0.25, -0.2) is 0 Å². The second-order valence-corrected chi connectivity index (χ2v) is 3.47. The van der Waals surface area contributed by atoms with Crippen molar-refractivity contribution >= 4 is 0 Å². The smallest absolute Gasteiger partial charge is 0.0631 e. The van der Waals surface area contributed by atoms with Gasteiger partial charge in [-0.3, -0.25) is 0 Å². The molecule has 3 atom stereocenters. The van der Waals surface area contributed by atoms with Gasteiger partial charge in [-0.05, 0) is 6.42 Å². The van der Waals surface area contributed by atoms with Crippen LogP contribution in [0.3, 0.4) is 0 Å². The van der Waals surface area contributed by atoms with E-state index in [1.807, 2.05) is 6.08 Å². The molecule has 0 radical (unpaired) electrons. The minimum Gasteiger partial charge on any atom is -0.392 e. The van der Waals surface area contributed by atoms with E-state index in [0.717, 1.165) is 6.42 Å². The normalized spacial score (nSPS) is 33.6. The lowest BCUT2D eigenvalue weighted by molar-refractivity contribution is 0.00284. The highest BCUT2D eigenvalue weighted by Gasteiger charge is 2.28. The van der Waals surface area contributed by atoms with Gasteiger partial charge in [0, 0.05) is 26.1 Å². The largest absolute Gasteiger partial charge is 0.392 e.